The van der Waals surface area contributed by atoms with Crippen molar-refractivity contribution in [2.45, 2.75) is 45.1 Å². The van der Waals surface area contributed by atoms with Crippen LogP contribution in [0.4, 0.5) is 0 Å². The lowest BCUT2D eigenvalue weighted by Gasteiger charge is -2.12. The molecule has 2 rings (SSSR count). The molecule has 2 atom stereocenters. The molecule has 0 saturated carbocycles. The fourth-order valence-electron chi connectivity index (χ4n) is 2.30. The molecule has 1 aliphatic heterocycles. The second kappa shape index (κ2) is 6.05. The molecule has 1 aliphatic rings. The minimum absolute atomic E-state index is 0.599. The Morgan fingerprint density at radius 3 is 2.69 bits per heavy atom. The van der Waals surface area contributed by atoms with Crippen LogP contribution in [-0.2, 0) is 11.2 Å². The van der Waals surface area contributed by atoms with E-state index in [0.717, 1.165) is 12.5 Å². The highest BCUT2D eigenvalue weighted by molar-refractivity contribution is 5.14. The van der Waals surface area contributed by atoms with E-state index in [2.05, 4.69) is 37.3 Å². The molecular weight excluding hydrogens is 196 g/mol. The Bertz CT molecular complexity index is 290. The van der Waals surface area contributed by atoms with Crippen LogP contribution >= 0.6 is 0 Å². The van der Waals surface area contributed by atoms with E-state index in [9.17, 15) is 0 Å². The zero-order valence-corrected chi connectivity index (χ0v) is 10.2. The first-order valence-corrected chi connectivity index (χ1v) is 6.54. The van der Waals surface area contributed by atoms with Crippen LogP contribution in [0.2, 0.25) is 0 Å². The molecule has 0 spiro atoms. The molecule has 88 valence electrons. The Kier molecular flexibility index (Phi) is 4.41. The van der Waals surface area contributed by atoms with Crippen LogP contribution in [-0.4, -0.2) is 12.7 Å². The summed E-state index contributed by atoms with van der Waals surface area (Å²) in [7, 11) is 0. The predicted octanol–water partition coefficient (Wildman–Crippen LogP) is 3.82. The molecule has 0 aromatic heterocycles. The average molecular weight is 218 g/mol. The van der Waals surface area contributed by atoms with Gasteiger partial charge in [-0.05, 0) is 30.7 Å². The molecule has 0 radical (unpaired) electrons. The Morgan fingerprint density at radius 1 is 1.31 bits per heavy atom. The van der Waals surface area contributed by atoms with E-state index in [1.807, 2.05) is 0 Å². The average Bonchev–Trinajstić information content (AvgIpc) is 3.13. The molecule has 1 aromatic carbocycles. The fourth-order valence-corrected chi connectivity index (χ4v) is 2.30. The van der Waals surface area contributed by atoms with Gasteiger partial charge in [0.15, 0.2) is 0 Å². The van der Waals surface area contributed by atoms with Gasteiger partial charge in [-0.2, -0.15) is 0 Å². The normalized spacial score (nSPS) is 20.7. The van der Waals surface area contributed by atoms with E-state index in [0.29, 0.717) is 6.10 Å². The van der Waals surface area contributed by atoms with Gasteiger partial charge < -0.3 is 4.74 Å². The molecule has 1 heterocycles. The van der Waals surface area contributed by atoms with Crippen LogP contribution in [0.1, 0.15) is 38.2 Å². The third kappa shape index (κ3) is 3.97. The van der Waals surface area contributed by atoms with E-state index in [1.54, 1.807) is 0 Å². The first-order chi connectivity index (χ1) is 7.88. The van der Waals surface area contributed by atoms with Gasteiger partial charge in [-0.15, -0.1) is 0 Å². The van der Waals surface area contributed by atoms with Gasteiger partial charge in [0.25, 0.3) is 0 Å². The van der Waals surface area contributed by atoms with Crippen LogP contribution in [0.15, 0.2) is 30.3 Å². The summed E-state index contributed by atoms with van der Waals surface area (Å²) in [6.07, 6.45) is 7.07. The van der Waals surface area contributed by atoms with Crippen molar-refractivity contribution in [2.75, 3.05) is 6.61 Å². The van der Waals surface area contributed by atoms with E-state index in [1.165, 1.54) is 37.7 Å². The quantitative estimate of drug-likeness (QED) is 0.634. The van der Waals surface area contributed by atoms with Gasteiger partial charge in [0.2, 0.25) is 0 Å². The predicted molar refractivity (Wildman–Crippen MR) is 67.5 cm³/mol. The number of aryl methyl sites for hydroxylation is 1. The summed E-state index contributed by atoms with van der Waals surface area (Å²) in [4.78, 5) is 0. The molecule has 1 fully saturated rings. The van der Waals surface area contributed by atoms with Crippen molar-refractivity contribution in [2.24, 2.45) is 5.92 Å². The van der Waals surface area contributed by atoms with Gasteiger partial charge in [-0.25, -0.2) is 0 Å². The summed E-state index contributed by atoms with van der Waals surface area (Å²) in [5.41, 5.74) is 1.47. The SMILES string of the molecule is CCC(CCCc1ccccc1)CC1CO1. The van der Waals surface area contributed by atoms with Crippen molar-refractivity contribution in [1.29, 1.82) is 0 Å². The van der Waals surface area contributed by atoms with Gasteiger partial charge >= 0.3 is 0 Å². The molecule has 0 N–H and O–H groups in total. The summed E-state index contributed by atoms with van der Waals surface area (Å²) < 4.78 is 5.31. The first-order valence-electron chi connectivity index (χ1n) is 6.54. The molecule has 1 aromatic rings. The highest BCUT2D eigenvalue weighted by Crippen LogP contribution is 2.25. The second-order valence-corrected chi connectivity index (χ2v) is 4.84. The van der Waals surface area contributed by atoms with Crippen molar-refractivity contribution < 1.29 is 4.74 Å². The third-order valence-corrected chi connectivity index (χ3v) is 3.50. The zero-order valence-electron chi connectivity index (χ0n) is 10.2. The highest BCUT2D eigenvalue weighted by atomic mass is 16.6. The summed E-state index contributed by atoms with van der Waals surface area (Å²) in [6.45, 7) is 3.31. The van der Waals surface area contributed by atoms with E-state index < -0.39 is 0 Å². The molecule has 1 saturated heterocycles. The van der Waals surface area contributed by atoms with Gasteiger partial charge in [-0.3, -0.25) is 0 Å². The molecule has 1 heteroatoms. The lowest BCUT2D eigenvalue weighted by Crippen LogP contribution is -2.03. The van der Waals surface area contributed by atoms with Gasteiger partial charge in [0.05, 0.1) is 12.7 Å². The minimum Gasteiger partial charge on any atom is -0.373 e. The molecule has 1 nitrogen and oxygen atoms in total. The van der Waals surface area contributed by atoms with Gasteiger partial charge in [-0.1, -0.05) is 50.1 Å². The molecule has 0 aliphatic carbocycles. The Morgan fingerprint density at radius 2 is 2.06 bits per heavy atom. The van der Waals surface area contributed by atoms with Crippen molar-refractivity contribution in [1.82, 2.24) is 0 Å². The van der Waals surface area contributed by atoms with Crippen LogP contribution < -0.4 is 0 Å². The van der Waals surface area contributed by atoms with Crippen LogP contribution in [0.25, 0.3) is 0 Å². The largest absolute Gasteiger partial charge is 0.373 e. The molecular formula is C15H22O. The Hall–Kier alpha value is -0.820. The van der Waals surface area contributed by atoms with E-state index >= 15 is 0 Å². The second-order valence-electron chi connectivity index (χ2n) is 4.84. The van der Waals surface area contributed by atoms with Crippen molar-refractivity contribution in [3.63, 3.8) is 0 Å². The van der Waals surface area contributed by atoms with E-state index in [-0.39, 0.29) is 0 Å². The lowest BCUT2D eigenvalue weighted by atomic mass is 9.93. The third-order valence-electron chi connectivity index (χ3n) is 3.50. The first kappa shape index (κ1) is 11.7. The topological polar surface area (TPSA) is 12.5 Å². The maximum atomic E-state index is 5.31. The van der Waals surface area contributed by atoms with Crippen molar-refractivity contribution in [3.8, 4) is 0 Å². The van der Waals surface area contributed by atoms with E-state index in [4.69, 9.17) is 4.74 Å². The number of epoxide rings is 1. The summed E-state index contributed by atoms with van der Waals surface area (Å²) in [6, 6.07) is 10.8. The van der Waals surface area contributed by atoms with Gasteiger partial charge in [0, 0.05) is 0 Å². The number of ether oxygens (including phenoxy) is 1. The molecule has 2 unspecified atom stereocenters. The fraction of sp³-hybridized carbons (Fsp3) is 0.600. The van der Waals surface area contributed by atoms with Crippen LogP contribution in [0, 0.1) is 5.92 Å². The van der Waals surface area contributed by atoms with Crippen molar-refractivity contribution >= 4 is 0 Å². The summed E-state index contributed by atoms with van der Waals surface area (Å²) in [5.74, 6) is 0.871. The highest BCUT2D eigenvalue weighted by Gasteiger charge is 2.25. The zero-order chi connectivity index (χ0) is 11.2. The maximum Gasteiger partial charge on any atom is 0.0812 e. The van der Waals surface area contributed by atoms with Gasteiger partial charge in [0.1, 0.15) is 0 Å². The van der Waals surface area contributed by atoms with Crippen LogP contribution in [0.5, 0.6) is 0 Å². The molecule has 0 amide bonds. The number of hydrogen-bond acceptors (Lipinski definition) is 1. The number of benzene rings is 1. The minimum atomic E-state index is 0.599. The standard InChI is InChI=1S/C15H22O/c1-2-13(11-15-12-16-15)9-6-10-14-7-4-3-5-8-14/h3-5,7-8,13,15H,2,6,9-12H2,1H3. The maximum absolute atomic E-state index is 5.31. The van der Waals surface area contributed by atoms with Crippen LogP contribution in [0.3, 0.4) is 0 Å². The monoisotopic (exact) mass is 218 g/mol. The number of rotatable bonds is 7. The summed E-state index contributed by atoms with van der Waals surface area (Å²) >= 11 is 0. The Labute approximate surface area is 98.8 Å². The smallest absolute Gasteiger partial charge is 0.0812 e. The van der Waals surface area contributed by atoms with Crippen molar-refractivity contribution in [3.05, 3.63) is 35.9 Å². The summed E-state index contributed by atoms with van der Waals surface area (Å²) in [5, 5.41) is 0. The molecule has 0 bridgehead atoms. The number of hydrogen-bond donors (Lipinski definition) is 0. The Balaban J connectivity index is 1.65. The molecule has 16 heavy (non-hydrogen) atoms. The lowest BCUT2D eigenvalue weighted by molar-refractivity contribution is 0.332.